The summed E-state index contributed by atoms with van der Waals surface area (Å²) in [5, 5.41) is 13.5. The highest BCUT2D eigenvalue weighted by molar-refractivity contribution is 5.93. The van der Waals surface area contributed by atoms with E-state index in [0.717, 1.165) is 28.0 Å². The molecular formula is C17H14N4. The Morgan fingerprint density at radius 2 is 1.81 bits per heavy atom. The zero-order valence-corrected chi connectivity index (χ0v) is 11.9. The van der Waals surface area contributed by atoms with Crippen molar-refractivity contribution >= 4 is 22.4 Å². The van der Waals surface area contributed by atoms with Crippen molar-refractivity contribution in [1.29, 1.82) is 5.26 Å². The van der Waals surface area contributed by atoms with E-state index < -0.39 is 0 Å². The van der Waals surface area contributed by atoms with Gasteiger partial charge in [-0.05, 0) is 38.1 Å². The van der Waals surface area contributed by atoms with Crippen LogP contribution >= 0.6 is 0 Å². The summed E-state index contributed by atoms with van der Waals surface area (Å²) >= 11 is 0. The van der Waals surface area contributed by atoms with Crippen LogP contribution in [0.25, 0.3) is 10.9 Å². The van der Waals surface area contributed by atoms with Crippen molar-refractivity contribution < 1.29 is 0 Å². The quantitative estimate of drug-likeness (QED) is 0.770. The molecule has 1 N–H and O–H groups in total. The number of para-hydroxylation sites is 1. The Morgan fingerprint density at radius 1 is 1.00 bits per heavy atom. The number of nitrogens with one attached hydrogen (secondary N) is 1. The maximum absolute atomic E-state index is 9.21. The molecule has 0 spiro atoms. The molecule has 4 nitrogen and oxygen atoms in total. The zero-order valence-electron chi connectivity index (χ0n) is 11.9. The highest BCUT2D eigenvalue weighted by Gasteiger charge is 2.08. The van der Waals surface area contributed by atoms with E-state index in [0.29, 0.717) is 11.4 Å². The summed E-state index contributed by atoms with van der Waals surface area (Å²) < 4.78 is 0. The van der Waals surface area contributed by atoms with Gasteiger partial charge in [0, 0.05) is 16.8 Å². The number of aryl methyl sites for hydroxylation is 2. The summed E-state index contributed by atoms with van der Waals surface area (Å²) in [6, 6.07) is 15.7. The molecule has 2 aromatic heterocycles. The van der Waals surface area contributed by atoms with E-state index in [1.54, 1.807) is 6.07 Å². The Kier molecular flexibility index (Phi) is 3.25. The van der Waals surface area contributed by atoms with Crippen LogP contribution in [0, 0.1) is 25.2 Å². The van der Waals surface area contributed by atoms with Gasteiger partial charge in [-0.25, -0.2) is 4.98 Å². The monoisotopic (exact) mass is 274 g/mol. The fourth-order valence-corrected chi connectivity index (χ4v) is 2.28. The van der Waals surface area contributed by atoms with Gasteiger partial charge < -0.3 is 5.32 Å². The predicted octanol–water partition coefficient (Wildman–Crippen LogP) is 3.86. The van der Waals surface area contributed by atoms with Crippen LogP contribution in [0.1, 0.15) is 17.0 Å². The molecule has 0 fully saturated rings. The summed E-state index contributed by atoms with van der Waals surface area (Å²) in [5.74, 6) is 0.577. The first-order chi connectivity index (χ1) is 10.2. The summed E-state index contributed by atoms with van der Waals surface area (Å²) in [7, 11) is 0. The van der Waals surface area contributed by atoms with Crippen LogP contribution in [0.4, 0.5) is 11.5 Å². The van der Waals surface area contributed by atoms with Crippen LogP contribution < -0.4 is 5.32 Å². The van der Waals surface area contributed by atoms with Crippen LogP contribution in [-0.4, -0.2) is 9.97 Å². The minimum atomic E-state index is 0.527. The first-order valence-electron chi connectivity index (χ1n) is 6.68. The Morgan fingerprint density at radius 3 is 2.62 bits per heavy atom. The SMILES string of the molecule is Cc1ccc(C#N)c(Nc2cc(C)nc3ccccc23)n1. The number of pyridine rings is 2. The molecule has 3 aromatic rings. The first kappa shape index (κ1) is 13.1. The molecule has 0 amide bonds. The highest BCUT2D eigenvalue weighted by Crippen LogP contribution is 2.27. The molecule has 0 aliphatic rings. The molecule has 3 rings (SSSR count). The number of hydrogen-bond donors (Lipinski definition) is 1. The summed E-state index contributed by atoms with van der Waals surface area (Å²) in [6.45, 7) is 3.86. The minimum absolute atomic E-state index is 0.527. The predicted molar refractivity (Wildman–Crippen MR) is 83.5 cm³/mol. The fourth-order valence-electron chi connectivity index (χ4n) is 2.28. The minimum Gasteiger partial charge on any atom is -0.339 e. The molecule has 0 atom stereocenters. The van der Waals surface area contributed by atoms with E-state index in [1.165, 1.54) is 0 Å². The van der Waals surface area contributed by atoms with Gasteiger partial charge in [-0.15, -0.1) is 0 Å². The van der Waals surface area contributed by atoms with Crippen LogP contribution in [0.5, 0.6) is 0 Å². The lowest BCUT2D eigenvalue weighted by Gasteiger charge is -2.11. The molecule has 1 aromatic carbocycles. The number of nitrogens with zero attached hydrogens (tertiary/aromatic N) is 3. The Labute approximate surface area is 123 Å². The normalized spacial score (nSPS) is 10.3. The Bertz CT molecular complexity index is 862. The number of rotatable bonds is 2. The van der Waals surface area contributed by atoms with E-state index in [1.807, 2.05) is 50.2 Å². The third kappa shape index (κ3) is 2.54. The van der Waals surface area contributed by atoms with Crippen molar-refractivity contribution in [2.75, 3.05) is 5.32 Å². The molecule has 2 heterocycles. The molecular weight excluding hydrogens is 260 g/mol. The fraction of sp³-hybridized carbons (Fsp3) is 0.118. The summed E-state index contributed by atoms with van der Waals surface area (Å²) in [4.78, 5) is 8.93. The van der Waals surface area contributed by atoms with Crippen molar-refractivity contribution in [3.63, 3.8) is 0 Å². The number of aromatic nitrogens is 2. The molecule has 0 saturated heterocycles. The highest BCUT2D eigenvalue weighted by atomic mass is 15.0. The van der Waals surface area contributed by atoms with E-state index >= 15 is 0 Å². The van der Waals surface area contributed by atoms with Crippen molar-refractivity contribution in [2.45, 2.75) is 13.8 Å². The molecule has 0 saturated carbocycles. The van der Waals surface area contributed by atoms with Crippen LogP contribution in [-0.2, 0) is 0 Å². The molecule has 4 heteroatoms. The Hall–Kier alpha value is -2.93. The van der Waals surface area contributed by atoms with E-state index in [9.17, 15) is 5.26 Å². The molecule has 0 bridgehead atoms. The summed E-state index contributed by atoms with van der Waals surface area (Å²) in [5.41, 5.74) is 4.15. The largest absolute Gasteiger partial charge is 0.339 e. The smallest absolute Gasteiger partial charge is 0.148 e. The molecule has 0 unspecified atom stereocenters. The van der Waals surface area contributed by atoms with Crippen molar-refractivity contribution in [1.82, 2.24) is 9.97 Å². The van der Waals surface area contributed by atoms with Crippen LogP contribution in [0.2, 0.25) is 0 Å². The standard InChI is InChI=1S/C17H14N4/c1-11-7-8-13(10-18)17(20-11)21-16-9-12(2)19-15-6-4-3-5-14(15)16/h3-9H,1-2H3,(H,19,20,21). The number of hydrogen-bond acceptors (Lipinski definition) is 4. The second-order valence-corrected chi connectivity index (χ2v) is 4.91. The van der Waals surface area contributed by atoms with Crippen LogP contribution in [0.3, 0.4) is 0 Å². The number of fused-ring (bicyclic) bond motifs is 1. The lowest BCUT2D eigenvalue weighted by Crippen LogP contribution is -2.00. The average Bonchev–Trinajstić information content (AvgIpc) is 2.47. The maximum atomic E-state index is 9.21. The van der Waals surface area contributed by atoms with E-state index in [4.69, 9.17) is 0 Å². The average molecular weight is 274 g/mol. The van der Waals surface area contributed by atoms with Crippen molar-refractivity contribution in [3.8, 4) is 6.07 Å². The summed E-state index contributed by atoms with van der Waals surface area (Å²) in [6.07, 6.45) is 0. The lowest BCUT2D eigenvalue weighted by molar-refractivity contribution is 1.18. The molecule has 102 valence electrons. The molecule has 0 radical (unpaired) electrons. The van der Waals surface area contributed by atoms with Gasteiger partial charge in [0.15, 0.2) is 0 Å². The van der Waals surface area contributed by atoms with Gasteiger partial charge in [-0.2, -0.15) is 5.26 Å². The van der Waals surface area contributed by atoms with Gasteiger partial charge in [0.1, 0.15) is 11.9 Å². The maximum Gasteiger partial charge on any atom is 0.148 e. The second kappa shape index (κ2) is 5.22. The van der Waals surface area contributed by atoms with Gasteiger partial charge in [0.05, 0.1) is 16.8 Å². The van der Waals surface area contributed by atoms with Gasteiger partial charge in [0.2, 0.25) is 0 Å². The second-order valence-electron chi connectivity index (χ2n) is 4.91. The van der Waals surface area contributed by atoms with E-state index in [2.05, 4.69) is 21.4 Å². The molecule has 0 aliphatic carbocycles. The molecule has 21 heavy (non-hydrogen) atoms. The molecule has 0 aliphatic heterocycles. The lowest BCUT2D eigenvalue weighted by atomic mass is 10.1. The van der Waals surface area contributed by atoms with Crippen LogP contribution in [0.15, 0.2) is 42.5 Å². The third-order valence-corrected chi connectivity index (χ3v) is 3.25. The van der Waals surface area contributed by atoms with Gasteiger partial charge in [0.25, 0.3) is 0 Å². The third-order valence-electron chi connectivity index (χ3n) is 3.25. The number of benzene rings is 1. The van der Waals surface area contributed by atoms with E-state index in [-0.39, 0.29) is 0 Å². The Balaban J connectivity index is 2.15. The van der Waals surface area contributed by atoms with Crippen molar-refractivity contribution in [3.05, 3.63) is 59.4 Å². The van der Waals surface area contributed by atoms with Gasteiger partial charge in [-0.1, -0.05) is 18.2 Å². The number of anilines is 2. The zero-order chi connectivity index (χ0) is 14.8. The van der Waals surface area contributed by atoms with Gasteiger partial charge in [-0.3, -0.25) is 4.98 Å². The van der Waals surface area contributed by atoms with Crippen molar-refractivity contribution in [2.24, 2.45) is 0 Å². The van der Waals surface area contributed by atoms with Gasteiger partial charge >= 0.3 is 0 Å². The first-order valence-corrected chi connectivity index (χ1v) is 6.68. The number of nitriles is 1. The topological polar surface area (TPSA) is 61.6 Å².